The van der Waals surface area contributed by atoms with Crippen LogP contribution < -0.4 is 0 Å². The molecule has 0 bridgehead atoms. The molecule has 2 amide bonds. The third-order valence-electron chi connectivity index (χ3n) is 5.82. The molecule has 5 nitrogen and oxygen atoms in total. The number of hydrogen-bond donors (Lipinski definition) is 1. The van der Waals surface area contributed by atoms with E-state index in [1.807, 2.05) is 15.9 Å². The third kappa shape index (κ3) is 3.22. The molecule has 0 radical (unpaired) electrons. The van der Waals surface area contributed by atoms with Gasteiger partial charge in [0.05, 0.1) is 0 Å². The summed E-state index contributed by atoms with van der Waals surface area (Å²) in [5.41, 5.74) is 4.02. The summed E-state index contributed by atoms with van der Waals surface area (Å²) in [7, 11) is 0. The van der Waals surface area contributed by atoms with Crippen molar-refractivity contribution < 1.29 is 4.79 Å². The molecule has 1 aromatic carbocycles. The van der Waals surface area contributed by atoms with Crippen molar-refractivity contribution in [3.05, 3.63) is 53.3 Å². The normalized spacial score (nSPS) is 21.1. The highest BCUT2D eigenvalue weighted by molar-refractivity contribution is 5.76. The molecular formula is C21H28N4O. The van der Waals surface area contributed by atoms with E-state index in [0.29, 0.717) is 11.8 Å². The van der Waals surface area contributed by atoms with Crippen LogP contribution in [0.5, 0.6) is 0 Å². The molecular weight excluding hydrogens is 324 g/mol. The Labute approximate surface area is 155 Å². The number of amides is 2. The van der Waals surface area contributed by atoms with Crippen LogP contribution in [-0.2, 0) is 5.41 Å². The molecule has 2 fully saturated rings. The first-order valence-corrected chi connectivity index (χ1v) is 9.55. The summed E-state index contributed by atoms with van der Waals surface area (Å²) in [4.78, 5) is 16.7. The second kappa shape index (κ2) is 6.45. The van der Waals surface area contributed by atoms with Gasteiger partial charge in [-0.1, -0.05) is 45.0 Å². The number of rotatable bonds is 2. The summed E-state index contributed by atoms with van der Waals surface area (Å²) in [5.74, 6) is 0.863. The van der Waals surface area contributed by atoms with Gasteiger partial charge in [0.2, 0.25) is 0 Å². The first kappa shape index (κ1) is 17.1. The fourth-order valence-electron chi connectivity index (χ4n) is 3.98. The molecule has 1 unspecified atom stereocenters. The Bertz CT molecular complexity index is 754. The molecule has 2 aliphatic heterocycles. The van der Waals surface area contributed by atoms with Crippen molar-refractivity contribution >= 4 is 6.03 Å². The van der Waals surface area contributed by atoms with Crippen LogP contribution >= 0.6 is 0 Å². The molecule has 26 heavy (non-hydrogen) atoms. The molecule has 1 atom stereocenters. The Morgan fingerprint density at radius 3 is 2.35 bits per heavy atom. The van der Waals surface area contributed by atoms with Gasteiger partial charge in [0.15, 0.2) is 0 Å². The van der Waals surface area contributed by atoms with Crippen LogP contribution in [0.25, 0.3) is 0 Å². The highest BCUT2D eigenvalue weighted by Gasteiger charge is 2.37. The van der Waals surface area contributed by atoms with Crippen LogP contribution in [0.4, 0.5) is 4.79 Å². The molecule has 2 aromatic rings. The summed E-state index contributed by atoms with van der Waals surface area (Å²) in [6.07, 6.45) is 2.80. The average molecular weight is 352 g/mol. The van der Waals surface area contributed by atoms with E-state index in [4.69, 9.17) is 0 Å². The number of aromatic nitrogens is 2. The molecule has 138 valence electrons. The molecule has 0 aliphatic carbocycles. The number of carbonyl (C=O) groups excluding carboxylic acids is 1. The fourth-order valence-corrected chi connectivity index (χ4v) is 3.98. The summed E-state index contributed by atoms with van der Waals surface area (Å²) >= 11 is 0. The predicted octanol–water partition coefficient (Wildman–Crippen LogP) is 3.72. The number of H-pyrrole nitrogens is 1. The minimum atomic E-state index is 0.182. The second-order valence-corrected chi connectivity index (χ2v) is 8.70. The van der Waals surface area contributed by atoms with Crippen molar-refractivity contribution in [1.82, 2.24) is 20.0 Å². The number of nitrogens with one attached hydrogen (secondary N) is 1. The molecule has 5 heteroatoms. The van der Waals surface area contributed by atoms with Crippen LogP contribution in [-0.4, -0.2) is 52.2 Å². The quantitative estimate of drug-likeness (QED) is 0.896. The number of carbonyl (C=O) groups is 1. The largest absolute Gasteiger partial charge is 0.324 e. The lowest BCUT2D eigenvalue weighted by Crippen LogP contribution is -2.53. The number of benzene rings is 1. The Hall–Kier alpha value is -2.30. The van der Waals surface area contributed by atoms with E-state index >= 15 is 0 Å². The Morgan fingerprint density at radius 2 is 1.73 bits per heavy atom. The van der Waals surface area contributed by atoms with Crippen molar-refractivity contribution in [1.29, 1.82) is 0 Å². The lowest BCUT2D eigenvalue weighted by Gasteiger charge is -2.41. The number of hydrogen-bond acceptors (Lipinski definition) is 2. The second-order valence-electron chi connectivity index (χ2n) is 8.70. The lowest BCUT2D eigenvalue weighted by molar-refractivity contribution is 0.121. The van der Waals surface area contributed by atoms with Gasteiger partial charge in [0.1, 0.15) is 0 Å². The van der Waals surface area contributed by atoms with Crippen LogP contribution in [0.2, 0.25) is 0 Å². The van der Waals surface area contributed by atoms with Gasteiger partial charge in [-0.3, -0.25) is 5.10 Å². The monoisotopic (exact) mass is 352 g/mol. The third-order valence-corrected chi connectivity index (χ3v) is 5.82. The molecule has 3 heterocycles. The van der Waals surface area contributed by atoms with Crippen molar-refractivity contribution in [2.24, 2.45) is 0 Å². The Kier molecular flexibility index (Phi) is 4.25. The van der Waals surface area contributed by atoms with Gasteiger partial charge in [-0.05, 0) is 29.0 Å². The number of nitrogens with zero attached hydrogens (tertiary/aromatic N) is 3. The van der Waals surface area contributed by atoms with E-state index in [-0.39, 0.29) is 11.4 Å². The van der Waals surface area contributed by atoms with Crippen LogP contribution in [0.3, 0.4) is 0 Å². The van der Waals surface area contributed by atoms with Crippen molar-refractivity contribution in [2.75, 3.05) is 26.2 Å². The molecule has 1 aromatic heterocycles. The van der Waals surface area contributed by atoms with Gasteiger partial charge >= 0.3 is 6.03 Å². The van der Waals surface area contributed by atoms with Gasteiger partial charge < -0.3 is 9.80 Å². The van der Waals surface area contributed by atoms with Crippen LogP contribution in [0, 0.1) is 0 Å². The Balaban J connectivity index is 1.31. The zero-order valence-electron chi connectivity index (χ0n) is 15.9. The summed E-state index contributed by atoms with van der Waals surface area (Å²) in [5, 5.41) is 7.06. The van der Waals surface area contributed by atoms with Gasteiger partial charge in [-0.25, -0.2) is 4.79 Å². The fraction of sp³-hybridized carbons (Fsp3) is 0.524. The minimum Gasteiger partial charge on any atom is -0.324 e. The van der Waals surface area contributed by atoms with Crippen LogP contribution in [0.15, 0.2) is 36.5 Å². The van der Waals surface area contributed by atoms with Crippen molar-refractivity contribution in [3.8, 4) is 0 Å². The smallest absolute Gasteiger partial charge is 0.320 e. The van der Waals surface area contributed by atoms with Gasteiger partial charge in [0, 0.05) is 49.9 Å². The highest BCUT2D eigenvalue weighted by atomic mass is 16.2. The van der Waals surface area contributed by atoms with E-state index in [1.165, 1.54) is 11.1 Å². The van der Waals surface area contributed by atoms with E-state index in [0.717, 1.165) is 38.3 Å². The zero-order chi connectivity index (χ0) is 18.3. The Morgan fingerprint density at radius 1 is 1.04 bits per heavy atom. The minimum absolute atomic E-state index is 0.182. The van der Waals surface area contributed by atoms with Gasteiger partial charge in [-0.2, -0.15) is 5.10 Å². The summed E-state index contributed by atoms with van der Waals surface area (Å²) < 4.78 is 0. The summed E-state index contributed by atoms with van der Waals surface area (Å²) in [6.45, 7) is 10.00. The van der Waals surface area contributed by atoms with Crippen LogP contribution in [0.1, 0.15) is 55.8 Å². The van der Waals surface area contributed by atoms with E-state index < -0.39 is 0 Å². The molecule has 0 saturated carbocycles. The number of aromatic amines is 1. The first-order chi connectivity index (χ1) is 12.4. The SMILES string of the molecule is CC(C)(C)c1ccc(C2CN(C(=O)N3CCC(c4ccn[nH]4)C3)C2)cc1. The number of urea groups is 1. The topological polar surface area (TPSA) is 52.2 Å². The standard InChI is InChI=1S/C21H28N4O/c1-21(2,3)18-6-4-15(5-7-18)17-13-25(14-17)20(26)24-11-9-16(12-24)19-8-10-22-23-19/h4-8,10,16-17H,9,11-14H2,1-3H3,(H,22,23). The summed E-state index contributed by atoms with van der Waals surface area (Å²) in [6, 6.07) is 11.1. The van der Waals surface area contributed by atoms with Crippen molar-refractivity contribution in [2.45, 2.75) is 44.4 Å². The molecule has 2 saturated heterocycles. The van der Waals surface area contributed by atoms with Gasteiger partial charge in [0.25, 0.3) is 0 Å². The van der Waals surface area contributed by atoms with Crippen molar-refractivity contribution in [3.63, 3.8) is 0 Å². The number of likely N-dealkylation sites (tertiary alicyclic amines) is 2. The predicted molar refractivity (Wildman–Crippen MR) is 102 cm³/mol. The molecule has 1 N–H and O–H groups in total. The molecule has 2 aliphatic rings. The van der Waals surface area contributed by atoms with Gasteiger partial charge in [-0.15, -0.1) is 0 Å². The molecule has 0 spiro atoms. The van der Waals surface area contributed by atoms with E-state index in [9.17, 15) is 4.79 Å². The highest BCUT2D eigenvalue weighted by Crippen LogP contribution is 2.32. The first-order valence-electron chi connectivity index (χ1n) is 9.55. The average Bonchev–Trinajstić information content (AvgIpc) is 3.24. The van der Waals surface area contributed by atoms with E-state index in [1.54, 1.807) is 6.20 Å². The maximum atomic E-state index is 12.7. The zero-order valence-corrected chi connectivity index (χ0v) is 15.9. The maximum absolute atomic E-state index is 12.7. The van der Waals surface area contributed by atoms with E-state index in [2.05, 4.69) is 55.2 Å². The molecule has 4 rings (SSSR count). The lowest BCUT2D eigenvalue weighted by atomic mass is 9.84. The maximum Gasteiger partial charge on any atom is 0.320 e.